The molecule has 0 unspecified atom stereocenters. The lowest BCUT2D eigenvalue weighted by Gasteiger charge is -2.09. The predicted octanol–water partition coefficient (Wildman–Crippen LogP) is -0.626. The first-order chi connectivity index (χ1) is 12.1. The molecule has 25 heavy (non-hydrogen) atoms. The van der Waals surface area contributed by atoms with E-state index in [4.69, 9.17) is 9.47 Å². The van der Waals surface area contributed by atoms with Crippen molar-refractivity contribution in [1.82, 2.24) is 15.6 Å². The summed E-state index contributed by atoms with van der Waals surface area (Å²) < 4.78 is 9.98. The lowest BCUT2D eigenvalue weighted by Crippen LogP contribution is -2.32. The molecule has 0 aliphatic carbocycles. The molecular weight excluding hydrogens is 350 g/mol. The number of nitrogens with zero attached hydrogens (tertiary/aromatic N) is 1. The number of hydrogen-bond acceptors (Lipinski definition) is 8. The minimum absolute atomic E-state index is 0.0356. The lowest BCUT2D eigenvalue weighted by molar-refractivity contribution is -0.119. The topological polar surface area (TPSA) is 124 Å². The van der Waals surface area contributed by atoms with Crippen molar-refractivity contribution >= 4 is 35.5 Å². The number of carbonyl (C=O) groups excluding carboxylic acids is 4. The number of ether oxygens (including phenoxy) is 2. The van der Waals surface area contributed by atoms with E-state index in [1.165, 1.54) is 18.2 Å². The van der Waals surface area contributed by atoms with E-state index in [-0.39, 0.29) is 61.0 Å². The molecule has 0 aromatic carbocycles. The lowest BCUT2D eigenvalue weighted by atomic mass is 10.3. The third-order valence-electron chi connectivity index (χ3n) is 2.95. The Morgan fingerprint density at radius 3 is 1.80 bits per heavy atom. The van der Waals surface area contributed by atoms with Gasteiger partial charge < -0.3 is 20.1 Å². The standard InChI is InChI=1S/C15H17N3O6S/c19-12-8-25-9-13(20)17-5-7-24-15(22)11-3-1-2-10(18-11)14(21)23-6-4-16-12/h1-3H,4-9H2,(H,16,19)(H,17,20). The monoisotopic (exact) mass is 367 g/mol. The van der Waals surface area contributed by atoms with E-state index in [2.05, 4.69) is 15.6 Å². The maximum absolute atomic E-state index is 11.9. The highest BCUT2D eigenvalue weighted by Gasteiger charge is 2.15. The highest BCUT2D eigenvalue weighted by Crippen LogP contribution is 2.04. The number of esters is 2. The summed E-state index contributed by atoms with van der Waals surface area (Å²) in [6.07, 6.45) is 0. The molecule has 0 fully saturated rings. The fourth-order valence-corrected chi connectivity index (χ4v) is 2.49. The van der Waals surface area contributed by atoms with E-state index >= 15 is 0 Å². The van der Waals surface area contributed by atoms with Gasteiger partial charge in [0, 0.05) is 0 Å². The van der Waals surface area contributed by atoms with Gasteiger partial charge in [0.25, 0.3) is 0 Å². The van der Waals surface area contributed by atoms with Crippen LogP contribution in [0.1, 0.15) is 21.0 Å². The molecule has 2 amide bonds. The predicted molar refractivity (Wildman–Crippen MR) is 88.1 cm³/mol. The largest absolute Gasteiger partial charge is 0.459 e. The minimum Gasteiger partial charge on any atom is -0.459 e. The Kier molecular flexibility index (Phi) is 7.20. The van der Waals surface area contributed by atoms with Crippen molar-refractivity contribution < 1.29 is 28.7 Å². The van der Waals surface area contributed by atoms with E-state index in [1.807, 2.05) is 0 Å². The number of cyclic esters (lactones) is 2. The molecule has 2 bridgehead atoms. The number of carbonyl (C=O) groups is 4. The Morgan fingerprint density at radius 1 is 0.840 bits per heavy atom. The van der Waals surface area contributed by atoms with Gasteiger partial charge in [-0.25, -0.2) is 14.6 Å². The van der Waals surface area contributed by atoms with Crippen molar-refractivity contribution in [3.63, 3.8) is 0 Å². The van der Waals surface area contributed by atoms with Crippen LogP contribution in [0.4, 0.5) is 0 Å². The van der Waals surface area contributed by atoms with Crippen molar-refractivity contribution in [2.45, 2.75) is 0 Å². The zero-order valence-corrected chi connectivity index (χ0v) is 14.1. The number of amides is 2. The molecule has 0 radical (unpaired) electrons. The average Bonchev–Trinajstić information content (AvgIpc) is 2.61. The van der Waals surface area contributed by atoms with Crippen LogP contribution in [0.25, 0.3) is 0 Å². The van der Waals surface area contributed by atoms with Gasteiger partial charge in [0.05, 0.1) is 24.6 Å². The third kappa shape index (κ3) is 6.42. The second-order valence-electron chi connectivity index (χ2n) is 4.87. The second kappa shape index (κ2) is 9.62. The first kappa shape index (κ1) is 18.7. The Balaban J connectivity index is 2.03. The van der Waals surface area contributed by atoms with Crippen LogP contribution in [-0.2, 0) is 19.1 Å². The quantitative estimate of drug-likeness (QED) is 0.581. The van der Waals surface area contributed by atoms with Crippen LogP contribution in [0.15, 0.2) is 18.2 Å². The first-order valence-electron chi connectivity index (χ1n) is 7.48. The van der Waals surface area contributed by atoms with Crippen LogP contribution in [0.3, 0.4) is 0 Å². The van der Waals surface area contributed by atoms with Crippen molar-refractivity contribution in [3.05, 3.63) is 29.6 Å². The maximum atomic E-state index is 11.9. The molecule has 1 aromatic rings. The number of rotatable bonds is 0. The molecular formula is C15H17N3O6S. The van der Waals surface area contributed by atoms with Gasteiger partial charge in [-0.1, -0.05) is 6.07 Å². The molecule has 1 aliphatic heterocycles. The number of aromatic nitrogens is 1. The van der Waals surface area contributed by atoms with Crippen LogP contribution < -0.4 is 10.6 Å². The van der Waals surface area contributed by atoms with Gasteiger partial charge in [0.15, 0.2) is 0 Å². The number of fused-ring (bicyclic) bond motifs is 2. The fourth-order valence-electron chi connectivity index (χ4n) is 1.82. The van der Waals surface area contributed by atoms with E-state index < -0.39 is 11.9 Å². The highest BCUT2D eigenvalue weighted by molar-refractivity contribution is 8.00. The van der Waals surface area contributed by atoms with Crippen molar-refractivity contribution in [3.8, 4) is 0 Å². The normalized spacial score (nSPS) is 18.1. The van der Waals surface area contributed by atoms with Crippen LogP contribution in [-0.4, -0.2) is 66.5 Å². The SMILES string of the molecule is O=C1CSCC(=O)NCCOC(=O)c2cccc(n2)C(=O)OCCN1. The van der Waals surface area contributed by atoms with Gasteiger partial charge in [-0.2, -0.15) is 0 Å². The molecule has 9 nitrogen and oxygen atoms in total. The second-order valence-corrected chi connectivity index (χ2v) is 5.86. The third-order valence-corrected chi connectivity index (χ3v) is 3.88. The number of hydrogen-bond donors (Lipinski definition) is 2. The summed E-state index contributed by atoms with van der Waals surface area (Å²) in [5.41, 5.74) is -0.0727. The molecule has 1 aliphatic rings. The minimum atomic E-state index is -0.702. The summed E-state index contributed by atoms with van der Waals surface area (Å²) in [5.74, 6) is -1.70. The van der Waals surface area contributed by atoms with E-state index in [0.717, 1.165) is 11.8 Å². The van der Waals surface area contributed by atoms with Crippen LogP contribution in [0, 0.1) is 0 Å². The van der Waals surface area contributed by atoms with E-state index in [0.29, 0.717) is 0 Å². The van der Waals surface area contributed by atoms with Gasteiger partial charge >= 0.3 is 11.9 Å². The molecule has 1 aromatic heterocycles. The maximum Gasteiger partial charge on any atom is 0.357 e. The van der Waals surface area contributed by atoms with Crippen molar-refractivity contribution in [2.75, 3.05) is 37.8 Å². The molecule has 10 heteroatoms. The Hall–Kier alpha value is -2.62. The Morgan fingerprint density at radius 2 is 1.32 bits per heavy atom. The van der Waals surface area contributed by atoms with Gasteiger partial charge in [-0.15, -0.1) is 11.8 Å². The smallest absolute Gasteiger partial charge is 0.357 e. The highest BCUT2D eigenvalue weighted by atomic mass is 32.2. The number of thioether (sulfide) groups is 1. The molecule has 134 valence electrons. The summed E-state index contributed by atoms with van der Waals surface area (Å²) in [6.45, 7) is 0.205. The first-order valence-corrected chi connectivity index (χ1v) is 8.64. The van der Waals surface area contributed by atoms with Gasteiger partial charge in [0.2, 0.25) is 11.8 Å². The summed E-state index contributed by atoms with van der Waals surface area (Å²) in [6, 6.07) is 4.30. The molecule has 0 saturated heterocycles. The molecule has 2 heterocycles. The molecule has 0 spiro atoms. The fraction of sp³-hybridized carbons (Fsp3) is 0.400. The number of nitrogens with one attached hydrogen (secondary N) is 2. The summed E-state index contributed by atoms with van der Waals surface area (Å²) in [5, 5.41) is 5.15. The molecule has 2 N–H and O–H groups in total. The Bertz CT molecular complexity index is 615. The summed E-state index contributed by atoms with van der Waals surface area (Å²) in [4.78, 5) is 50.8. The van der Waals surface area contributed by atoms with Gasteiger partial charge in [0.1, 0.15) is 24.6 Å². The van der Waals surface area contributed by atoms with Crippen molar-refractivity contribution in [2.24, 2.45) is 0 Å². The van der Waals surface area contributed by atoms with Gasteiger partial charge in [-0.3, -0.25) is 9.59 Å². The summed E-state index contributed by atoms with van der Waals surface area (Å²) in [7, 11) is 0. The van der Waals surface area contributed by atoms with E-state index in [1.54, 1.807) is 0 Å². The summed E-state index contributed by atoms with van der Waals surface area (Å²) >= 11 is 1.15. The van der Waals surface area contributed by atoms with Crippen LogP contribution >= 0.6 is 11.8 Å². The van der Waals surface area contributed by atoms with E-state index in [9.17, 15) is 19.2 Å². The van der Waals surface area contributed by atoms with Crippen molar-refractivity contribution in [1.29, 1.82) is 0 Å². The molecule has 0 atom stereocenters. The van der Waals surface area contributed by atoms with Gasteiger partial charge in [-0.05, 0) is 12.1 Å². The average molecular weight is 367 g/mol. The zero-order chi connectivity index (χ0) is 18.1. The Labute approximate surface area is 147 Å². The molecule has 0 saturated carbocycles. The number of pyridine rings is 1. The van der Waals surface area contributed by atoms with Crippen LogP contribution in [0.5, 0.6) is 0 Å². The van der Waals surface area contributed by atoms with Crippen LogP contribution in [0.2, 0.25) is 0 Å². The zero-order valence-electron chi connectivity index (χ0n) is 13.3. The molecule has 2 rings (SSSR count).